The van der Waals surface area contributed by atoms with E-state index in [0.717, 1.165) is 16.7 Å². The highest BCUT2D eigenvalue weighted by Gasteiger charge is 2.33. The van der Waals surface area contributed by atoms with Crippen molar-refractivity contribution in [2.75, 3.05) is 12.8 Å². The maximum Gasteiger partial charge on any atom is 0.434 e. The van der Waals surface area contributed by atoms with Gasteiger partial charge in [0.15, 0.2) is 17.2 Å². The Kier molecular flexibility index (Phi) is 4.07. The number of thiazole rings is 1. The molecule has 0 saturated carbocycles. The highest BCUT2D eigenvalue weighted by molar-refractivity contribution is 7.09. The van der Waals surface area contributed by atoms with Crippen LogP contribution in [0.2, 0.25) is 0 Å². The molecule has 6 nitrogen and oxygen atoms in total. The third-order valence-corrected chi connectivity index (χ3v) is 3.32. The van der Waals surface area contributed by atoms with E-state index in [-0.39, 0.29) is 23.1 Å². The van der Waals surface area contributed by atoms with Gasteiger partial charge in [0.1, 0.15) is 5.01 Å². The molecule has 0 aliphatic carbocycles. The van der Waals surface area contributed by atoms with Gasteiger partial charge in [-0.05, 0) is 0 Å². The number of aromatic nitrogens is 3. The van der Waals surface area contributed by atoms with Gasteiger partial charge in [-0.25, -0.2) is 15.0 Å². The topological polar surface area (TPSA) is 85.0 Å². The van der Waals surface area contributed by atoms with Gasteiger partial charge in [0.2, 0.25) is 0 Å². The summed E-state index contributed by atoms with van der Waals surface area (Å²) >= 11 is 0.829. The molecule has 0 fully saturated rings. The summed E-state index contributed by atoms with van der Waals surface area (Å²) in [7, 11) is 1.42. The molecule has 0 radical (unpaired) electrons. The van der Waals surface area contributed by atoms with Gasteiger partial charge in [-0.15, -0.1) is 11.3 Å². The van der Waals surface area contributed by atoms with Gasteiger partial charge >= 0.3 is 6.18 Å². The number of carbonyl (C=O) groups excluding carboxylic acids is 1. The maximum absolute atomic E-state index is 12.4. The minimum Gasteiger partial charge on any atom is -0.382 e. The lowest BCUT2D eigenvalue weighted by molar-refractivity contribution is -0.140. The van der Waals surface area contributed by atoms with Crippen LogP contribution in [0.25, 0.3) is 0 Å². The molecule has 0 aliphatic heterocycles. The van der Waals surface area contributed by atoms with Crippen LogP contribution in [0.1, 0.15) is 21.2 Å². The molecule has 0 bridgehead atoms. The van der Waals surface area contributed by atoms with Gasteiger partial charge < -0.3 is 10.6 Å². The Labute approximate surface area is 121 Å². The number of alkyl halides is 3. The lowest BCUT2D eigenvalue weighted by Crippen LogP contribution is -2.28. The van der Waals surface area contributed by atoms with Crippen molar-refractivity contribution in [3.05, 3.63) is 34.2 Å². The van der Waals surface area contributed by atoms with Crippen molar-refractivity contribution in [2.45, 2.75) is 12.7 Å². The molecule has 2 aromatic rings. The monoisotopic (exact) mass is 317 g/mol. The Bertz CT molecular complexity index is 657. The van der Waals surface area contributed by atoms with Crippen LogP contribution in [0, 0.1) is 0 Å². The molecule has 0 aliphatic rings. The van der Waals surface area contributed by atoms with Crippen LogP contribution in [0.15, 0.2) is 17.8 Å². The Morgan fingerprint density at radius 2 is 2.05 bits per heavy atom. The molecular weight excluding hydrogens is 307 g/mol. The lowest BCUT2D eigenvalue weighted by Gasteiger charge is -2.15. The zero-order valence-corrected chi connectivity index (χ0v) is 11.6. The number of rotatable bonds is 3. The van der Waals surface area contributed by atoms with Crippen LogP contribution in [-0.4, -0.2) is 32.8 Å². The summed E-state index contributed by atoms with van der Waals surface area (Å²) in [6.45, 7) is -0.0738. The standard InChI is InChI=1S/C11H10F3N5OS/c1-19(10(20)8-9(15)17-3-2-16-8)4-7-18-6(5-21-7)11(12,13)14/h2-3,5H,4H2,1H3,(H2,15,17). The minimum atomic E-state index is -4.49. The van der Waals surface area contributed by atoms with Crippen molar-refractivity contribution >= 4 is 23.1 Å². The molecular formula is C11H10F3N5OS. The Hall–Kier alpha value is -2.23. The predicted molar refractivity (Wildman–Crippen MR) is 69.4 cm³/mol. The maximum atomic E-state index is 12.4. The van der Waals surface area contributed by atoms with Crippen LogP contribution in [0.5, 0.6) is 0 Å². The second kappa shape index (κ2) is 5.64. The molecule has 112 valence electrons. The number of hydrogen-bond acceptors (Lipinski definition) is 6. The molecule has 21 heavy (non-hydrogen) atoms. The first kappa shape index (κ1) is 15.2. The summed E-state index contributed by atoms with van der Waals surface area (Å²) in [5.74, 6) is -0.575. The second-order valence-electron chi connectivity index (χ2n) is 4.08. The van der Waals surface area contributed by atoms with E-state index in [1.165, 1.54) is 24.3 Å². The first-order valence-corrected chi connectivity index (χ1v) is 6.50. The highest BCUT2D eigenvalue weighted by Crippen LogP contribution is 2.30. The normalized spacial score (nSPS) is 11.4. The van der Waals surface area contributed by atoms with Crippen molar-refractivity contribution in [1.82, 2.24) is 19.9 Å². The summed E-state index contributed by atoms with van der Waals surface area (Å²) < 4.78 is 37.3. The molecule has 2 aromatic heterocycles. The number of halogens is 3. The van der Waals surface area contributed by atoms with Gasteiger partial charge in [-0.3, -0.25) is 4.79 Å². The van der Waals surface area contributed by atoms with E-state index in [4.69, 9.17) is 5.73 Å². The van der Waals surface area contributed by atoms with E-state index in [0.29, 0.717) is 0 Å². The van der Waals surface area contributed by atoms with E-state index < -0.39 is 17.8 Å². The van der Waals surface area contributed by atoms with E-state index >= 15 is 0 Å². The number of nitrogens with two attached hydrogens (primary N) is 1. The summed E-state index contributed by atoms with van der Waals surface area (Å²) in [6.07, 6.45) is -1.85. The highest BCUT2D eigenvalue weighted by atomic mass is 32.1. The fraction of sp³-hybridized carbons (Fsp3) is 0.273. The van der Waals surface area contributed by atoms with E-state index in [9.17, 15) is 18.0 Å². The summed E-state index contributed by atoms with van der Waals surface area (Å²) in [5.41, 5.74) is 4.51. The molecule has 10 heteroatoms. The van der Waals surface area contributed by atoms with E-state index in [2.05, 4.69) is 15.0 Å². The average molecular weight is 317 g/mol. The zero-order valence-electron chi connectivity index (χ0n) is 10.8. The van der Waals surface area contributed by atoms with Gasteiger partial charge in [0, 0.05) is 24.8 Å². The van der Waals surface area contributed by atoms with E-state index in [1.54, 1.807) is 0 Å². The van der Waals surface area contributed by atoms with Crippen LogP contribution in [0.3, 0.4) is 0 Å². The van der Waals surface area contributed by atoms with Crippen molar-refractivity contribution in [1.29, 1.82) is 0 Å². The number of nitrogen functional groups attached to an aromatic ring is 1. The minimum absolute atomic E-state index is 0.0375. The quantitative estimate of drug-likeness (QED) is 0.933. The fourth-order valence-corrected chi connectivity index (χ4v) is 2.34. The first-order chi connectivity index (χ1) is 9.79. The van der Waals surface area contributed by atoms with Crippen molar-refractivity contribution in [3.8, 4) is 0 Å². The van der Waals surface area contributed by atoms with Crippen LogP contribution in [0.4, 0.5) is 19.0 Å². The molecule has 1 amide bonds. The Balaban J connectivity index is 2.11. The van der Waals surface area contributed by atoms with Crippen molar-refractivity contribution in [3.63, 3.8) is 0 Å². The number of anilines is 1. The summed E-state index contributed by atoms with van der Waals surface area (Å²) in [6, 6.07) is 0. The van der Waals surface area contributed by atoms with Crippen LogP contribution in [-0.2, 0) is 12.7 Å². The molecule has 2 heterocycles. The fourth-order valence-electron chi connectivity index (χ4n) is 1.48. The third-order valence-electron chi connectivity index (χ3n) is 2.49. The molecule has 0 spiro atoms. The van der Waals surface area contributed by atoms with Gasteiger partial charge in [-0.1, -0.05) is 0 Å². The molecule has 0 unspecified atom stereocenters. The SMILES string of the molecule is CN(Cc1nc(C(F)(F)F)cs1)C(=O)c1nccnc1N. The summed E-state index contributed by atoms with van der Waals surface area (Å²) in [5, 5.41) is 1.07. The number of carbonyl (C=O) groups is 1. The molecule has 2 N–H and O–H groups in total. The third kappa shape index (κ3) is 3.45. The van der Waals surface area contributed by atoms with Crippen molar-refractivity contribution < 1.29 is 18.0 Å². The zero-order chi connectivity index (χ0) is 15.6. The molecule has 2 rings (SSSR count). The number of nitrogens with zero attached hydrogens (tertiary/aromatic N) is 4. The van der Waals surface area contributed by atoms with Gasteiger partial charge in [0.25, 0.3) is 5.91 Å². The lowest BCUT2D eigenvalue weighted by atomic mass is 10.3. The largest absolute Gasteiger partial charge is 0.434 e. The number of hydrogen-bond donors (Lipinski definition) is 1. The smallest absolute Gasteiger partial charge is 0.382 e. The molecule has 0 aromatic carbocycles. The Morgan fingerprint density at radius 1 is 1.38 bits per heavy atom. The molecule has 0 saturated heterocycles. The van der Waals surface area contributed by atoms with E-state index in [1.807, 2.05) is 0 Å². The summed E-state index contributed by atoms with van der Waals surface area (Å²) in [4.78, 5) is 24.2. The Morgan fingerprint density at radius 3 is 2.62 bits per heavy atom. The first-order valence-electron chi connectivity index (χ1n) is 5.62. The van der Waals surface area contributed by atoms with Crippen LogP contribution >= 0.6 is 11.3 Å². The van der Waals surface area contributed by atoms with Crippen LogP contribution < -0.4 is 5.73 Å². The molecule has 0 atom stereocenters. The number of amides is 1. The van der Waals surface area contributed by atoms with Crippen molar-refractivity contribution in [2.24, 2.45) is 0 Å². The predicted octanol–water partition coefficient (Wildman–Crippen LogP) is 1.81. The van der Waals surface area contributed by atoms with Gasteiger partial charge in [-0.2, -0.15) is 13.2 Å². The van der Waals surface area contributed by atoms with Gasteiger partial charge in [0.05, 0.1) is 6.54 Å². The second-order valence-corrected chi connectivity index (χ2v) is 5.02. The average Bonchev–Trinajstić information content (AvgIpc) is 2.87.